The molecule has 1 atom stereocenters. The van der Waals surface area contributed by atoms with Crippen LogP contribution in [0, 0.1) is 5.82 Å². The molecule has 11 heteroatoms. The highest BCUT2D eigenvalue weighted by molar-refractivity contribution is 9.10. The Labute approximate surface area is 253 Å². The van der Waals surface area contributed by atoms with Gasteiger partial charge in [-0.2, -0.15) is 0 Å². The summed E-state index contributed by atoms with van der Waals surface area (Å²) < 4.78 is 43.3. The second-order valence-electron chi connectivity index (χ2n) is 10.1. The van der Waals surface area contributed by atoms with E-state index < -0.39 is 34.3 Å². The molecule has 0 bridgehead atoms. The molecule has 0 aromatic heterocycles. The number of benzene rings is 3. The molecular formula is C30H32BrClFN3O4S. The number of nitrogens with zero attached hydrogens (tertiary/aromatic N) is 2. The smallest absolute Gasteiger partial charge is 0.264 e. The lowest BCUT2D eigenvalue weighted by Crippen LogP contribution is -2.53. The van der Waals surface area contributed by atoms with Crippen LogP contribution >= 0.6 is 27.5 Å². The van der Waals surface area contributed by atoms with Crippen LogP contribution in [-0.2, 0) is 26.2 Å². The molecule has 1 aliphatic rings. The molecule has 0 heterocycles. The van der Waals surface area contributed by atoms with E-state index in [9.17, 15) is 22.4 Å². The minimum Gasteiger partial charge on any atom is -0.352 e. The molecule has 3 aromatic carbocycles. The van der Waals surface area contributed by atoms with Crippen molar-refractivity contribution in [1.29, 1.82) is 0 Å². The van der Waals surface area contributed by atoms with Crippen molar-refractivity contribution < 1.29 is 22.4 Å². The summed E-state index contributed by atoms with van der Waals surface area (Å²) in [6.07, 6.45) is 4.96. The number of carbonyl (C=O) groups excluding carboxylic acids is 2. The Morgan fingerprint density at radius 2 is 1.73 bits per heavy atom. The number of nitrogens with one attached hydrogen (secondary N) is 1. The molecule has 0 radical (unpaired) electrons. The molecule has 2 amide bonds. The average Bonchev–Trinajstić information content (AvgIpc) is 2.96. The zero-order valence-corrected chi connectivity index (χ0v) is 25.8. The Hall–Kier alpha value is -2.95. The van der Waals surface area contributed by atoms with E-state index >= 15 is 0 Å². The van der Waals surface area contributed by atoms with E-state index in [1.165, 1.54) is 29.2 Å². The fraction of sp³-hybridized carbons (Fsp3) is 0.333. The van der Waals surface area contributed by atoms with Crippen LogP contribution < -0.4 is 9.62 Å². The maximum Gasteiger partial charge on any atom is 0.264 e. The molecule has 0 aliphatic heterocycles. The van der Waals surface area contributed by atoms with Crippen LogP contribution in [0.4, 0.5) is 10.1 Å². The molecule has 1 aliphatic carbocycles. The van der Waals surface area contributed by atoms with Gasteiger partial charge < -0.3 is 10.2 Å². The standard InChI is InChI=1S/C30H32BrClFN3O4S/c1-21(30(38)34-24-11-4-2-5-12-24)35(19-22-9-8-10-23(31)17-22)29(37)20-36(25-15-16-28(33)27(32)18-25)41(39,40)26-13-6-3-7-14-26/h3,6-10,13-18,21,24H,2,4-5,11-12,19-20H2,1H3,(H,34,38)/t21-/m1/s1. The number of halogens is 3. The maximum absolute atomic E-state index is 14.0. The molecule has 0 saturated heterocycles. The molecule has 1 fully saturated rings. The summed E-state index contributed by atoms with van der Waals surface area (Å²) in [5, 5.41) is 2.79. The van der Waals surface area contributed by atoms with Gasteiger partial charge in [0.2, 0.25) is 11.8 Å². The minimum atomic E-state index is -4.26. The van der Waals surface area contributed by atoms with Gasteiger partial charge in [0.25, 0.3) is 10.0 Å². The Bertz CT molecular complexity index is 1490. The van der Waals surface area contributed by atoms with Crippen LogP contribution in [0.5, 0.6) is 0 Å². The maximum atomic E-state index is 14.0. The Morgan fingerprint density at radius 3 is 2.39 bits per heavy atom. The monoisotopic (exact) mass is 663 g/mol. The molecule has 218 valence electrons. The quantitative estimate of drug-likeness (QED) is 0.276. The fourth-order valence-corrected chi connectivity index (χ4v) is 6.92. The Morgan fingerprint density at radius 1 is 1.02 bits per heavy atom. The van der Waals surface area contributed by atoms with Gasteiger partial charge in [0, 0.05) is 17.1 Å². The Balaban J connectivity index is 1.68. The van der Waals surface area contributed by atoms with E-state index in [-0.39, 0.29) is 34.1 Å². The van der Waals surface area contributed by atoms with Crippen LogP contribution in [0.15, 0.2) is 82.2 Å². The molecule has 0 unspecified atom stereocenters. The van der Waals surface area contributed by atoms with Gasteiger partial charge in [-0.25, -0.2) is 12.8 Å². The molecule has 1 saturated carbocycles. The summed E-state index contributed by atoms with van der Waals surface area (Å²) in [6, 6.07) is 17.6. The van der Waals surface area contributed by atoms with E-state index in [1.54, 1.807) is 25.1 Å². The average molecular weight is 665 g/mol. The van der Waals surface area contributed by atoms with Gasteiger partial charge in [0.05, 0.1) is 15.6 Å². The van der Waals surface area contributed by atoms with Gasteiger partial charge in [0.1, 0.15) is 18.4 Å². The van der Waals surface area contributed by atoms with Gasteiger partial charge in [-0.15, -0.1) is 0 Å². The van der Waals surface area contributed by atoms with Crippen molar-refractivity contribution in [3.05, 3.63) is 93.7 Å². The summed E-state index contributed by atoms with van der Waals surface area (Å²) in [6.45, 7) is 1.08. The van der Waals surface area contributed by atoms with Crippen molar-refractivity contribution in [1.82, 2.24) is 10.2 Å². The normalized spacial score (nSPS) is 14.7. The SMILES string of the molecule is C[C@H](C(=O)NC1CCCCC1)N(Cc1cccc(Br)c1)C(=O)CN(c1ccc(F)c(Cl)c1)S(=O)(=O)c1ccccc1. The van der Waals surface area contributed by atoms with Crippen LogP contribution in [0.3, 0.4) is 0 Å². The summed E-state index contributed by atoms with van der Waals surface area (Å²) in [5.74, 6) is -1.62. The third-order valence-corrected chi connectivity index (χ3v) is 9.73. The van der Waals surface area contributed by atoms with Gasteiger partial charge in [-0.3, -0.25) is 13.9 Å². The highest BCUT2D eigenvalue weighted by atomic mass is 79.9. The summed E-state index contributed by atoms with van der Waals surface area (Å²) in [4.78, 5) is 28.7. The van der Waals surface area contributed by atoms with E-state index in [0.717, 1.165) is 52.5 Å². The van der Waals surface area contributed by atoms with Crippen molar-refractivity contribution in [2.45, 2.75) is 62.6 Å². The second kappa shape index (κ2) is 13.8. The predicted molar refractivity (Wildman–Crippen MR) is 162 cm³/mol. The molecule has 4 rings (SSSR count). The molecule has 3 aromatic rings. The van der Waals surface area contributed by atoms with Crippen LogP contribution in [-0.4, -0.2) is 43.8 Å². The number of amides is 2. The van der Waals surface area contributed by atoms with Gasteiger partial charge >= 0.3 is 0 Å². The lowest BCUT2D eigenvalue weighted by atomic mass is 9.95. The zero-order chi connectivity index (χ0) is 29.6. The number of anilines is 1. The first kappa shape index (κ1) is 31.0. The van der Waals surface area contributed by atoms with Crippen LogP contribution in [0.1, 0.15) is 44.6 Å². The predicted octanol–water partition coefficient (Wildman–Crippen LogP) is 6.30. The van der Waals surface area contributed by atoms with Gasteiger partial charge in [0.15, 0.2) is 0 Å². The molecular weight excluding hydrogens is 633 g/mol. The number of hydrogen-bond donors (Lipinski definition) is 1. The number of hydrogen-bond acceptors (Lipinski definition) is 4. The second-order valence-corrected chi connectivity index (χ2v) is 13.3. The van der Waals surface area contributed by atoms with E-state index in [4.69, 9.17) is 11.6 Å². The van der Waals surface area contributed by atoms with Gasteiger partial charge in [-0.05, 0) is 67.8 Å². The van der Waals surface area contributed by atoms with Crippen molar-refractivity contribution in [2.24, 2.45) is 0 Å². The van der Waals surface area contributed by atoms with E-state index in [2.05, 4.69) is 21.2 Å². The number of sulfonamides is 1. The largest absolute Gasteiger partial charge is 0.352 e. The molecule has 0 spiro atoms. The first-order chi connectivity index (χ1) is 19.6. The van der Waals surface area contributed by atoms with Crippen molar-refractivity contribution in [2.75, 3.05) is 10.8 Å². The molecule has 7 nitrogen and oxygen atoms in total. The first-order valence-corrected chi connectivity index (χ1v) is 16.0. The van der Waals surface area contributed by atoms with Gasteiger partial charge in [-0.1, -0.05) is 77.1 Å². The first-order valence-electron chi connectivity index (χ1n) is 13.4. The van der Waals surface area contributed by atoms with Crippen molar-refractivity contribution >= 4 is 55.1 Å². The summed E-state index contributed by atoms with van der Waals surface area (Å²) in [7, 11) is -4.26. The number of carbonyl (C=O) groups is 2. The lowest BCUT2D eigenvalue weighted by Gasteiger charge is -2.33. The van der Waals surface area contributed by atoms with E-state index in [1.807, 2.05) is 24.3 Å². The van der Waals surface area contributed by atoms with Crippen LogP contribution in [0.25, 0.3) is 0 Å². The zero-order valence-electron chi connectivity index (χ0n) is 22.6. The highest BCUT2D eigenvalue weighted by Gasteiger charge is 2.33. The van der Waals surface area contributed by atoms with E-state index in [0.29, 0.717) is 0 Å². The Kier molecular flexibility index (Phi) is 10.4. The van der Waals surface area contributed by atoms with Crippen molar-refractivity contribution in [3.8, 4) is 0 Å². The fourth-order valence-electron chi connectivity index (χ4n) is 4.87. The third-order valence-electron chi connectivity index (χ3n) is 7.16. The highest BCUT2D eigenvalue weighted by Crippen LogP contribution is 2.28. The molecule has 41 heavy (non-hydrogen) atoms. The lowest BCUT2D eigenvalue weighted by molar-refractivity contribution is -0.139. The topological polar surface area (TPSA) is 86.8 Å². The summed E-state index contributed by atoms with van der Waals surface area (Å²) >= 11 is 9.45. The van der Waals surface area contributed by atoms with Crippen LogP contribution in [0.2, 0.25) is 5.02 Å². The third kappa shape index (κ3) is 7.87. The minimum absolute atomic E-state index is 0.0234. The number of rotatable bonds is 10. The molecule has 1 N–H and O–H groups in total. The summed E-state index contributed by atoms with van der Waals surface area (Å²) in [5.41, 5.74) is 0.780. The van der Waals surface area contributed by atoms with Crippen molar-refractivity contribution in [3.63, 3.8) is 0 Å².